The molecule has 3 rings (SSSR count). The van der Waals surface area contributed by atoms with Gasteiger partial charge in [0.15, 0.2) is 0 Å². The van der Waals surface area contributed by atoms with Gasteiger partial charge >= 0.3 is 23.9 Å². The zero-order valence-corrected chi connectivity index (χ0v) is 22.6. The zero-order chi connectivity index (χ0) is 30.1. The van der Waals surface area contributed by atoms with Gasteiger partial charge in [0.2, 0.25) is 0 Å². The van der Waals surface area contributed by atoms with Gasteiger partial charge in [-0.1, -0.05) is 12.1 Å². The van der Waals surface area contributed by atoms with Gasteiger partial charge in [-0.05, 0) is 31.5 Å². The van der Waals surface area contributed by atoms with Crippen molar-refractivity contribution in [3.05, 3.63) is 59.7 Å². The van der Waals surface area contributed by atoms with E-state index in [-0.39, 0.29) is 5.91 Å². The summed E-state index contributed by atoms with van der Waals surface area (Å²) in [4.78, 5) is 57.7. The number of benzene rings is 1. The molecule has 220 valence electrons. The van der Waals surface area contributed by atoms with E-state index < -0.39 is 23.9 Å². The summed E-state index contributed by atoms with van der Waals surface area (Å²) in [5.41, 5.74) is 2.07. The minimum absolute atomic E-state index is 0.163. The highest BCUT2D eigenvalue weighted by atomic mass is 16.5. The number of piperazine rings is 1. The molecule has 0 radical (unpaired) electrons. The van der Waals surface area contributed by atoms with Crippen molar-refractivity contribution in [1.82, 2.24) is 14.7 Å². The van der Waals surface area contributed by atoms with Gasteiger partial charge in [0.25, 0.3) is 5.91 Å². The van der Waals surface area contributed by atoms with Crippen LogP contribution in [0.15, 0.2) is 48.6 Å². The topological polar surface area (TPSA) is 185 Å². The number of carboxylic acid groups (broad SMARTS) is 4. The lowest BCUT2D eigenvalue weighted by atomic mass is 10.1. The first-order valence-corrected chi connectivity index (χ1v) is 12.6. The number of carboxylic acids is 4. The van der Waals surface area contributed by atoms with E-state index in [4.69, 9.17) is 25.2 Å². The molecule has 0 atom stereocenters. The molecule has 2 aliphatic heterocycles. The van der Waals surface area contributed by atoms with Gasteiger partial charge in [0.1, 0.15) is 0 Å². The van der Waals surface area contributed by atoms with Crippen molar-refractivity contribution in [2.45, 2.75) is 26.4 Å². The SMILES string of the molecule is CC(C)N1CCN(C(=O)c2ccc(CN3CCOCC3)cc2)CC1.O=C(O)/C=C/C(=O)O.O=C(O)/C=C/C(=O)O. The molecular weight excluding hydrogens is 526 g/mol. The van der Waals surface area contributed by atoms with Crippen LogP contribution < -0.4 is 0 Å². The Kier molecular flexibility index (Phi) is 15.5. The molecule has 0 unspecified atom stereocenters. The smallest absolute Gasteiger partial charge is 0.328 e. The van der Waals surface area contributed by atoms with Crippen LogP contribution in [0.4, 0.5) is 0 Å². The molecule has 0 aliphatic carbocycles. The van der Waals surface area contributed by atoms with Crippen molar-refractivity contribution in [3.63, 3.8) is 0 Å². The van der Waals surface area contributed by atoms with Gasteiger partial charge < -0.3 is 30.1 Å². The molecule has 40 heavy (non-hydrogen) atoms. The Bertz CT molecular complexity index is 973. The number of hydrogen-bond donors (Lipinski definition) is 4. The molecule has 0 bridgehead atoms. The zero-order valence-electron chi connectivity index (χ0n) is 22.6. The second-order valence-electron chi connectivity index (χ2n) is 9.03. The summed E-state index contributed by atoms with van der Waals surface area (Å²) in [6.07, 6.45) is 2.23. The van der Waals surface area contributed by atoms with Crippen molar-refractivity contribution < 1.29 is 49.1 Å². The van der Waals surface area contributed by atoms with Crippen molar-refractivity contribution in [2.24, 2.45) is 0 Å². The van der Waals surface area contributed by atoms with Crippen LogP contribution in [0.1, 0.15) is 29.8 Å². The molecule has 2 heterocycles. The molecule has 13 heteroatoms. The Morgan fingerprint density at radius 1 is 0.725 bits per heavy atom. The van der Waals surface area contributed by atoms with E-state index in [0.29, 0.717) is 30.3 Å². The van der Waals surface area contributed by atoms with Gasteiger partial charge in [-0.15, -0.1) is 0 Å². The fraction of sp³-hybridized carbons (Fsp3) is 0.444. The Hall–Kier alpha value is -4.07. The molecular formula is C27H37N3O10. The first-order valence-electron chi connectivity index (χ1n) is 12.6. The summed E-state index contributed by atoms with van der Waals surface area (Å²) in [7, 11) is 0. The van der Waals surface area contributed by atoms with E-state index in [2.05, 4.69) is 35.8 Å². The van der Waals surface area contributed by atoms with E-state index in [0.717, 1.165) is 64.6 Å². The van der Waals surface area contributed by atoms with Crippen LogP contribution in [0.25, 0.3) is 0 Å². The second kappa shape index (κ2) is 18.3. The molecule has 13 nitrogen and oxygen atoms in total. The van der Waals surface area contributed by atoms with Crippen molar-refractivity contribution >= 4 is 29.8 Å². The number of aliphatic carboxylic acids is 4. The molecule has 4 N–H and O–H groups in total. The molecule has 2 fully saturated rings. The van der Waals surface area contributed by atoms with Crippen molar-refractivity contribution in [1.29, 1.82) is 0 Å². The maximum atomic E-state index is 12.7. The average Bonchev–Trinajstić information content (AvgIpc) is 2.92. The minimum Gasteiger partial charge on any atom is -0.478 e. The summed E-state index contributed by atoms with van der Waals surface area (Å²) in [6, 6.07) is 8.70. The van der Waals surface area contributed by atoms with Crippen LogP contribution in [-0.4, -0.2) is 123 Å². The third kappa shape index (κ3) is 14.8. The highest BCUT2D eigenvalue weighted by molar-refractivity contribution is 5.94. The number of carbonyl (C=O) groups excluding carboxylic acids is 1. The first kappa shape index (κ1) is 34.0. The van der Waals surface area contributed by atoms with Crippen LogP contribution in [0.5, 0.6) is 0 Å². The third-order valence-electron chi connectivity index (χ3n) is 5.78. The van der Waals surface area contributed by atoms with Crippen LogP contribution in [0.2, 0.25) is 0 Å². The third-order valence-corrected chi connectivity index (χ3v) is 5.78. The minimum atomic E-state index is -1.26. The Morgan fingerprint density at radius 3 is 1.52 bits per heavy atom. The summed E-state index contributed by atoms with van der Waals surface area (Å²) in [5.74, 6) is -4.86. The second-order valence-corrected chi connectivity index (χ2v) is 9.03. The molecule has 0 aromatic heterocycles. The Balaban J connectivity index is 0.000000412. The van der Waals surface area contributed by atoms with Gasteiger partial charge in [0.05, 0.1) is 13.2 Å². The molecule has 1 aromatic rings. The number of carbonyl (C=O) groups is 5. The van der Waals surface area contributed by atoms with E-state index in [9.17, 15) is 24.0 Å². The predicted octanol–water partition coefficient (Wildman–Crippen LogP) is 1.11. The molecule has 2 saturated heterocycles. The van der Waals surface area contributed by atoms with Crippen molar-refractivity contribution in [2.75, 3.05) is 52.5 Å². The summed E-state index contributed by atoms with van der Waals surface area (Å²) < 4.78 is 5.38. The van der Waals surface area contributed by atoms with Gasteiger partial charge in [0, 0.05) is 81.7 Å². The van der Waals surface area contributed by atoms with Gasteiger partial charge in [-0.2, -0.15) is 0 Å². The monoisotopic (exact) mass is 563 g/mol. The maximum absolute atomic E-state index is 12.7. The summed E-state index contributed by atoms with van der Waals surface area (Å²) >= 11 is 0. The highest BCUT2D eigenvalue weighted by Crippen LogP contribution is 2.13. The summed E-state index contributed by atoms with van der Waals surface area (Å²) in [5, 5.41) is 31.2. The van der Waals surface area contributed by atoms with Crippen LogP contribution in [-0.2, 0) is 30.5 Å². The predicted molar refractivity (Wildman–Crippen MR) is 144 cm³/mol. The lowest BCUT2D eigenvalue weighted by Gasteiger charge is -2.37. The lowest BCUT2D eigenvalue weighted by Crippen LogP contribution is -2.50. The van der Waals surface area contributed by atoms with E-state index in [1.807, 2.05) is 17.0 Å². The number of amides is 1. The highest BCUT2D eigenvalue weighted by Gasteiger charge is 2.23. The van der Waals surface area contributed by atoms with E-state index in [1.54, 1.807) is 0 Å². The molecule has 1 amide bonds. The number of nitrogens with zero attached hydrogens (tertiary/aromatic N) is 3. The van der Waals surface area contributed by atoms with Crippen molar-refractivity contribution in [3.8, 4) is 0 Å². The number of hydrogen-bond acceptors (Lipinski definition) is 8. The number of rotatable bonds is 8. The lowest BCUT2D eigenvalue weighted by molar-refractivity contribution is -0.134. The fourth-order valence-corrected chi connectivity index (χ4v) is 3.68. The molecule has 2 aliphatic rings. The van der Waals surface area contributed by atoms with Crippen LogP contribution >= 0.6 is 0 Å². The Morgan fingerprint density at radius 2 is 1.15 bits per heavy atom. The number of ether oxygens (including phenoxy) is 1. The number of morpholine rings is 1. The normalized spacial score (nSPS) is 16.1. The standard InChI is InChI=1S/C19H29N3O2.2C4H4O4/c1-16(2)21-7-9-22(10-8-21)19(23)18-5-3-17(4-6-18)15-20-11-13-24-14-12-20;2*5-3(6)1-2-4(7)8/h3-6,16H,7-15H2,1-2H3;2*1-2H,(H,5,6)(H,7,8)/b;2*2-1+. The quantitative estimate of drug-likeness (QED) is 0.331. The average molecular weight is 564 g/mol. The summed E-state index contributed by atoms with van der Waals surface area (Å²) in [6.45, 7) is 12.6. The van der Waals surface area contributed by atoms with Crippen LogP contribution in [0.3, 0.4) is 0 Å². The van der Waals surface area contributed by atoms with E-state index in [1.165, 1.54) is 5.56 Å². The van der Waals surface area contributed by atoms with Crippen LogP contribution in [0, 0.1) is 0 Å². The Labute approximate surface area is 232 Å². The largest absolute Gasteiger partial charge is 0.478 e. The first-order chi connectivity index (χ1) is 18.9. The molecule has 1 aromatic carbocycles. The van der Waals surface area contributed by atoms with Gasteiger partial charge in [-0.3, -0.25) is 14.6 Å². The molecule has 0 spiro atoms. The molecule has 0 saturated carbocycles. The maximum Gasteiger partial charge on any atom is 0.328 e. The fourth-order valence-electron chi connectivity index (χ4n) is 3.68. The van der Waals surface area contributed by atoms with E-state index >= 15 is 0 Å². The van der Waals surface area contributed by atoms with Gasteiger partial charge in [-0.25, -0.2) is 19.2 Å².